The Hall–Kier alpha value is -2.87. The molecule has 0 spiro atoms. The Balaban J connectivity index is 1.24. The van der Waals surface area contributed by atoms with Crippen LogP contribution in [0.25, 0.3) is 5.82 Å². The molecule has 0 unspecified atom stereocenters. The van der Waals surface area contributed by atoms with Crippen LogP contribution < -0.4 is 4.74 Å². The molecule has 1 amide bonds. The number of rotatable bonds is 7. The predicted octanol–water partition coefficient (Wildman–Crippen LogP) is 3.78. The Morgan fingerprint density at radius 2 is 1.90 bits per heavy atom. The van der Waals surface area contributed by atoms with E-state index in [0.717, 1.165) is 18.4 Å². The molecule has 3 aromatic rings. The number of benzene rings is 1. The molecular weight excluding hydrogens is 410 g/mol. The van der Waals surface area contributed by atoms with Gasteiger partial charge in [-0.15, -0.1) is 22.0 Å². The minimum atomic E-state index is 0.0428. The summed E-state index contributed by atoms with van der Waals surface area (Å²) in [5.41, 5.74) is 1.06. The normalized spacial score (nSPS) is 14.7. The van der Waals surface area contributed by atoms with E-state index in [1.54, 1.807) is 10.9 Å². The molecule has 0 atom stereocenters. The number of aromatic nitrogens is 4. The Bertz CT molecular complexity index is 966. The van der Waals surface area contributed by atoms with Gasteiger partial charge in [-0.3, -0.25) is 4.79 Å². The molecule has 1 fully saturated rings. The molecule has 2 aromatic heterocycles. The zero-order chi connectivity index (χ0) is 21.6. The Morgan fingerprint density at radius 1 is 1.13 bits per heavy atom. The Kier molecular flexibility index (Phi) is 6.86. The van der Waals surface area contributed by atoms with E-state index in [0.29, 0.717) is 36.5 Å². The molecule has 0 N–H and O–H groups in total. The summed E-state index contributed by atoms with van der Waals surface area (Å²) in [5, 5.41) is 13.0. The summed E-state index contributed by atoms with van der Waals surface area (Å²) in [6, 6.07) is 13.8. The summed E-state index contributed by atoms with van der Waals surface area (Å²) in [4.78, 5) is 15.9. The number of hydrogen-bond donors (Lipinski definition) is 0. The number of hydrogen-bond acceptors (Lipinski definition) is 6. The van der Waals surface area contributed by atoms with E-state index in [4.69, 9.17) is 4.74 Å². The summed E-state index contributed by atoms with van der Waals surface area (Å²) in [7, 11) is 0. The molecule has 8 heteroatoms. The van der Waals surface area contributed by atoms with Crippen LogP contribution in [0, 0.1) is 0 Å². The standard InChI is InChI=1S/C23H27N5O2S/c1-17(2)31-20-6-4-18(5-7-20)16-23(29)27-14-10-19(11-15-27)30-22-9-8-21(25-26-22)28-13-3-12-24-28/h3-9,12-13,17,19H,10-11,14-16H2,1-2H3. The van der Waals surface area contributed by atoms with Crippen molar-refractivity contribution in [1.29, 1.82) is 0 Å². The van der Waals surface area contributed by atoms with Crippen LogP contribution in [-0.4, -0.2) is 55.2 Å². The fourth-order valence-electron chi connectivity index (χ4n) is 3.54. The smallest absolute Gasteiger partial charge is 0.233 e. The van der Waals surface area contributed by atoms with Gasteiger partial charge in [-0.05, 0) is 29.8 Å². The third-order valence-corrected chi connectivity index (χ3v) is 6.11. The third kappa shape index (κ3) is 5.85. The molecule has 162 valence electrons. The van der Waals surface area contributed by atoms with Crippen molar-refractivity contribution in [1.82, 2.24) is 24.9 Å². The number of carbonyl (C=O) groups excluding carboxylic acids is 1. The van der Waals surface area contributed by atoms with Crippen LogP contribution in [0.1, 0.15) is 32.3 Å². The number of ether oxygens (including phenoxy) is 1. The van der Waals surface area contributed by atoms with Crippen LogP contribution >= 0.6 is 11.8 Å². The molecule has 31 heavy (non-hydrogen) atoms. The first kappa shape index (κ1) is 21.4. The number of likely N-dealkylation sites (tertiary alicyclic amines) is 1. The maximum absolute atomic E-state index is 12.7. The fourth-order valence-corrected chi connectivity index (χ4v) is 4.38. The molecule has 1 aliphatic rings. The highest BCUT2D eigenvalue weighted by Crippen LogP contribution is 2.23. The second kappa shape index (κ2) is 9.96. The minimum absolute atomic E-state index is 0.0428. The van der Waals surface area contributed by atoms with Gasteiger partial charge in [0.15, 0.2) is 5.82 Å². The molecule has 1 aromatic carbocycles. The predicted molar refractivity (Wildman–Crippen MR) is 121 cm³/mol. The van der Waals surface area contributed by atoms with E-state index < -0.39 is 0 Å². The monoisotopic (exact) mass is 437 g/mol. The van der Waals surface area contributed by atoms with E-state index in [-0.39, 0.29) is 12.0 Å². The highest BCUT2D eigenvalue weighted by Gasteiger charge is 2.24. The van der Waals surface area contributed by atoms with Crippen molar-refractivity contribution in [3.63, 3.8) is 0 Å². The average Bonchev–Trinajstić information content (AvgIpc) is 3.31. The lowest BCUT2D eigenvalue weighted by Crippen LogP contribution is -2.42. The molecule has 1 aliphatic heterocycles. The lowest BCUT2D eigenvalue weighted by atomic mass is 10.1. The van der Waals surface area contributed by atoms with Crippen molar-refractivity contribution in [2.45, 2.75) is 49.4 Å². The van der Waals surface area contributed by atoms with Gasteiger partial charge < -0.3 is 9.64 Å². The summed E-state index contributed by atoms with van der Waals surface area (Å²) in [5.74, 6) is 1.32. The van der Waals surface area contributed by atoms with Crippen LogP contribution in [0.5, 0.6) is 5.88 Å². The summed E-state index contributed by atoms with van der Waals surface area (Å²) >= 11 is 1.83. The van der Waals surface area contributed by atoms with Crippen molar-refractivity contribution in [2.24, 2.45) is 0 Å². The van der Waals surface area contributed by atoms with Crippen molar-refractivity contribution in [3.05, 3.63) is 60.4 Å². The van der Waals surface area contributed by atoms with Gasteiger partial charge in [-0.2, -0.15) is 5.10 Å². The van der Waals surface area contributed by atoms with Crippen molar-refractivity contribution in [3.8, 4) is 11.7 Å². The van der Waals surface area contributed by atoms with Gasteiger partial charge in [-0.25, -0.2) is 4.68 Å². The molecule has 0 saturated carbocycles. The van der Waals surface area contributed by atoms with E-state index in [9.17, 15) is 4.79 Å². The van der Waals surface area contributed by atoms with E-state index in [1.165, 1.54) is 4.90 Å². The zero-order valence-corrected chi connectivity index (χ0v) is 18.7. The molecule has 7 nitrogen and oxygen atoms in total. The number of amides is 1. The summed E-state index contributed by atoms with van der Waals surface area (Å²) in [6.45, 7) is 5.75. The van der Waals surface area contributed by atoms with E-state index in [1.807, 2.05) is 41.1 Å². The van der Waals surface area contributed by atoms with Crippen LogP contribution in [0.3, 0.4) is 0 Å². The molecule has 0 bridgehead atoms. The summed E-state index contributed by atoms with van der Waals surface area (Å²) in [6.07, 6.45) is 5.58. The SMILES string of the molecule is CC(C)Sc1ccc(CC(=O)N2CCC(Oc3ccc(-n4cccn4)nn3)CC2)cc1. The maximum Gasteiger partial charge on any atom is 0.233 e. The second-order valence-corrected chi connectivity index (χ2v) is 9.52. The second-order valence-electron chi connectivity index (χ2n) is 7.87. The van der Waals surface area contributed by atoms with Gasteiger partial charge >= 0.3 is 0 Å². The fraction of sp³-hybridized carbons (Fsp3) is 0.391. The van der Waals surface area contributed by atoms with Gasteiger partial charge in [-0.1, -0.05) is 26.0 Å². The van der Waals surface area contributed by atoms with Gasteiger partial charge in [0, 0.05) is 54.5 Å². The first-order chi connectivity index (χ1) is 15.1. The Labute approximate surface area is 186 Å². The first-order valence-corrected chi connectivity index (χ1v) is 11.5. The quantitative estimate of drug-likeness (QED) is 0.524. The third-order valence-electron chi connectivity index (χ3n) is 5.10. The molecule has 1 saturated heterocycles. The molecule has 0 radical (unpaired) electrons. The molecular formula is C23H27N5O2S. The van der Waals surface area contributed by atoms with Crippen LogP contribution in [0.15, 0.2) is 59.8 Å². The number of nitrogens with zero attached hydrogens (tertiary/aromatic N) is 5. The van der Waals surface area contributed by atoms with E-state index >= 15 is 0 Å². The zero-order valence-electron chi connectivity index (χ0n) is 17.8. The van der Waals surface area contributed by atoms with E-state index in [2.05, 4.69) is 53.4 Å². The molecule has 4 rings (SSSR count). The molecule has 3 heterocycles. The first-order valence-electron chi connectivity index (χ1n) is 10.6. The number of carbonyl (C=O) groups is 1. The summed E-state index contributed by atoms with van der Waals surface area (Å²) < 4.78 is 7.63. The number of thioether (sulfide) groups is 1. The largest absolute Gasteiger partial charge is 0.473 e. The van der Waals surface area contributed by atoms with Crippen molar-refractivity contribution < 1.29 is 9.53 Å². The topological polar surface area (TPSA) is 73.1 Å². The minimum Gasteiger partial charge on any atom is -0.473 e. The van der Waals surface area contributed by atoms with Crippen LogP contribution in [-0.2, 0) is 11.2 Å². The number of piperidine rings is 1. The highest BCUT2D eigenvalue weighted by atomic mass is 32.2. The van der Waals surface area contributed by atoms with Gasteiger partial charge in [0.25, 0.3) is 0 Å². The van der Waals surface area contributed by atoms with Gasteiger partial charge in [0.1, 0.15) is 6.10 Å². The lowest BCUT2D eigenvalue weighted by molar-refractivity contribution is -0.132. The van der Waals surface area contributed by atoms with Crippen LogP contribution in [0.4, 0.5) is 0 Å². The van der Waals surface area contributed by atoms with Crippen molar-refractivity contribution >= 4 is 17.7 Å². The molecule has 0 aliphatic carbocycles. The van der Waals surface area contributed by atoms with Gasteiger partial charge in [0.05, 0.1) is 6.42 Å². The van der Waals surface area contributed by atoms with Crippen molar-refractivity contribution in [2.75, 3.05) is 13.1 Å². The maximum atomic E-state index is 12.7. The highest BCUT2D eigenvalue weighted by molar-refractivity contribution is 7.99. The lowest BCUT2D eigenvalue weighted by Gasteiger charge is -2.32. The Morgan fingerprint density at radius 3 is 2.52 bits per heavy atom. The van der Waals surface area contributed by atoms with Crippen LogP contribution in [0.2, 0.25) is 0 Å². The van der Waals surface area contributed by atoms with Gasteiger partial charge in [0.2, 0.25) is 11.8 Å². The average molecular weight is 438 g/mol.